The highest BCUT2D eigenvalue weighted by atomic mass is 35.5. The zero-order chi connectivity index (χ0) is 18.4. The van der Waals surface area contributed by atoms with Crippen molar-refractivity contribution in [2.45, 2.75) is 13.3 Å². The molecule has 5 nitrogen and oxygen atoms in total. The molecule has 0 amide bonds. The molecule has 0 unspecified atom stereocenters. The Kier molecular flexibility index (Phi) is 3.76. The molecule has 0 spiro atoms. The zero-order valence-corrected chi connectivity index (χ0v) is 15.5. The first-order chi connectivity index (χ1) is 13.2. The molecule has 2 aromatic carbocycles. The smallest absolute Gasteiger partial charge is 0.182 e. The Morgan fingerprint density at radius 2 is 1.96 bits per heavy atom. The first-order valence-corrected chi connectivity index (χ1v) is 9.17. The van der Waals surface area contributed by atoms with Crippen LogP contribution in [0.5, 0.6) is 0 Å². The first kappa shape index (κ1) is 16.1. The van der Waals surface area contributed by atoms with Gasteiger partial charge in [0.1, 0.15) is 11.5 Å². The third kappa shape index (κ3) is 2.80. The lowest BCUT2D eigenvalue weighted by molar-refractivity contribution is 0.974. The number of fused-ring (bicyclic) bond motifs is 2. The van der Waals surface area contributed by atoms with Gasteiger partial charge in [-0.1, -0.05) is 29.3 Å². The third-order valence-corrected chi connectivity index (χ3v) is 5.06. The molecule has 0 aliphatic carbocycles. The second kappa shape index (κ2) is 6.28. The molecule has 5 rings (SSSR count). The SMILES string of the molecule is Cc1ccc2nc(-c3cnccn3)nc(N3CCc4ccc(Cl)cc43)c2c1. The molecule has 1 aliphatic rings. The second-order valence-corrected chi connectivity index (χ2v) is 7.09. The standard InChI is InChI=1S/C21H16ClN5/c1-13-2-5-17-16(10-13)21(26-20(25-17)18-12-23-7-8-24-18)27-9-6-14-3-4-15(22)11-19(14)27/h2-5,7-8,10-12H,6,9H2,1H3. The van der Waals surface area contributed by atoms with E-state index in [0.717, 1.165) is 40.4 Å². The summed E-state index contributed by atoms with van der Waals surface area (Å²) in [6, 6.07) is 12.3. The first-order valence-electron chi connectivity index (χ1n) is 8.80. The fourth-order valence-corrected chi connectivity index (χ4v) is 3.70. The molecule has 0 saturated heterocycles. The van der Waals surface area contributed by atoms with E-state index in [4.69, 9.17) is 21.6 Å². The number of aryl methyl sites for hydroxylation is 1. The van der Waals surface area contributed by atoms with Crippen LogP contribution in [0.1, 0.15) is 11.1 Å². The second-order valence-electron chi connectivity index (χ2n) is 6.66. The summed E-state index contributed by atoms with van der Waals surface area (Å²) in [5.41, 5.74) is 5.10. The van der Waals surface area contributed by atoms with Gasteiger partial charge in [0, 0.05) is 35.0 Å². The van der Waals surface area contributed by atoms with Crippen molar-refractivity contribution in [1.29, 1.82) is 0 Å². The van der Waals surface area contributed by atoms with Gasteiger partial charge in [0.05, 0.1) is 11.7 Å². The van der Waals surface area contributed by atoms with E-state index in [1.807, 2.05) is 18.2 Å². The van der Waals surface area contributed by atoms with Gasteiger partial charge in [-0.05, 0) is 43.2 Å². The van der Waals surface area contributed by atoms with E-state index in [1.165, 1.54) is 11.1 Å². The quantitative estimate of drug-likeness (QED) is 0.507. The maximum Gasteiger partial charge on any atom is 0.182 e. The van der Waals surface area contributed by atoms with Crippen LogP contribution in [0, 0.1) is 6.92 Å². The summed E-state index contributed by atoms with van der Waals surface area (Å²) in [5.74, 6) is 1.45. The van der Waals surface area contributed by atoms with Gasteiger partial charge < -0.3 is 4.90 Å². The van der Waals surface area contributed by atoms with Crippen molar-refractivity contribution in [2.24, 2.45) is 0 Å². The normalized spacial score (nSPS) is 13.2. The Balaban J connectivity index is 1.76. The van der Waals surface area contributed by atoms with Crippen LogP contribution in [0.25, 0.3) is 22.4 Å². The van der Waals surface area contributed by atoms with Crippen LogP contribution in [0.3, 0.4) is 0 Å². The molecule has 1 aliphatic heterocycles. The number of anilines is 2. The van der Waals surface area contributed by atoms with Crippen LogP contribution >= 0.6 is 11.6 Å². The molecule has 0 radical (unpaired) electrons. The van der Waals surface area contributed by atoms with Gasteiger partial charge in [-0.2, -0.15) is 0 Å². The minimum absolute atomic E-state index is 0.574. The van der Waals surface area contributed by atoms with Gasteiger partial charge in [-0.3, -0.25) is 4.98 Å². The van der Waals surface area contributed by atoms with Crippen molar-refractivity contribution in [2.75, 3.05) is 11.4 Å². The van der Waals surface area contributed by atoms with E-state index >= 15 is 0 Å². The van der Waals surface area contributed by atoms with Crippen LogP contribution < -0.4 is 4.90 Å². The van der Waals surface area contributed by atoms with Crippen molar-refractivity contribution in [3.63, 3.8) is 0 Å². The van der Waals surface area contributed by atoms with Crippen molar-refractivity contribution in [1.82, 2.24) is 19.9 Å². The predicted molar refractivity (Wildman–Crippen MR) is 107 cm³/mol. The van der Waals surface area contributed by atoms with Gasteiger partial charge in [0.25, 0.3) is 0 Å². The summed E-state index contributed by atoms with van der Waals surface area (Å²) in [7, 11) is 0. The predicted octanol–water partition coefficient (Wildman–Crippen LogP) is 4.74. The molecule has 27 heavy (non-hydrogen) atoms. The highest BCUT2D eigenvalue weighted by molar-refractivity contribution is 6.31. The van der Waals surface area contributed by atoms with Gasteiger partial charge in [0.2, 0.25) is 0 Å². The number of benzene rings is 2. The van der Waals surface area contributed by atoms with Crippen molar-refractivity contribution < 1.29 is 0 Å². The van der Waals surface area contributed by atoms with Crippen LogP contribution in [-0.2, 0) is 6.42 Å². The Morgan fingerprint density at radius 1 is 1.04 bits per heavy atom. The summed E-state index contributed by atoms with van der Waals surface area (Å²) in [5, 5.41) is 1.75. The number of halogens is 1. The lowest BCUT2D eigenvalue weighted by Gasteiger charge is -2.21. The molecule has 0 atom stereocenters. The lowest BCUT2D eigenvalue weighted by Crippen LogP contribution is -2.16. The van der Waals surface area contributed by atoms with Crippen molar-refractivity contribution >= 4 is 34.0 Å². The summed E-state index contributed by atoms with van der Waals surface area (Å²) >= 11 is 6.27. The molecule has 0 saturated carbocycles. The lowest BCUT2D eigenvalue weighted by atomic mass is 10.1. The summed E-state index contributed by atoms with van der Waals surface area (Å²) in [6.45, 7) is 2.93. The van der Waals surface area contributed by atoms with Gasteiger partial charge in [0.15, 0.2) is 5.82 Å². The maximum atomic E-state index is 6.27. The minimum Gasteiger partial charge on any atom is -0.325 e. The largest absolute Gasteiger partial charge is 0.325 e. The fourth-order valence-electron chi connectivity index (χ4n) is 3.53. The van der Waals surface area contributed by atoms with Crippen LogP contribution in [0.15, 0.2) is 55.0 Å². The third-order valence-electron chi connectivity index (χ3n) is 4.82. The highest BCUT2D eigenvalue weighted by Gasteiger charge is 2.24. The molecule has 4 aromatic rings. The molecule has 2 aromatic heterocycles. The van der Waals surface area contributed by atoms with E-state index < -0.39 is 0 Å². The number of aromatic nitrogens is 4. The molecule has 132 valence electrons. The average Bonchev–Trinajstić information content (AvgIpc) is 3.10. The zero-order valence-electron chi connectivity index (χ0n) is 14.7. The topological polar surface area (TPSA) is 54.8 Å². The Labute approximate surface area is 161 Å². The highest BCUT2D eigenvalue weighted by Crippen LogP contribution is 2.39. The molecule has 6 heteroatoms. The summed E-state index contributed by atoms with van der Waals surface area (Å²) in [4.78, 5) is 20.4. The van der Waals surface area contributed by atoms with E-state index in [-0.39, 0.29) is 0 Å². The number of hydrogen-bond donors (Lipinski definition) is 0. The van der Waals surface area contributed by atoms with Crippen LogP contribution in [0.2, 0.25) is 5.02 Å². The fraction of sp³-hybridized carbons (Fsp3) is 0.143. The Bertz CT molecular complexity index is 1160. The van der Waals surface area contributed by atoms with E-state index in [9.17, 15) is 0 Å². The molecular weight excluding hydrogens is 358 g/mol. The van der Waals surface area contributed by atoms with E-state index in [0.29, 0.717) is 11.5 Å². The van der Waals surface area contributed by atoms with Gasteiger partial charge in [-0.25, -0.2) is 15.0 Å². The van der Waals surface area contributed by atoms with Crippen molar-refractivity contribution in [3.8, 4) is 11.5 Å². The van der Waals surface area contributed by atoms with Crippen LogP contribution in [-0.4, -0.2) is 26.5 Å². The van der Waals surface area contributed by atoms with Gasteiger partial charge >= 0.3 is 0 Å². The number of rotatable bonds is 2. The molecule has 3 heterocycles. The van der Waals surface area contributed by atoms with Gasteiger partial charge in [-0.15, -0.1) is 0 Å². The van der Waals surface area contributed by atoms with E-state index in [2.05, 4.69) is 40.0 Å². The van der Waals surface area contributed by atoms with E-state index in [1.54, 1.807) is 18.6 Å². The average molecular weight is 374 g/mol. The monoisotopic (exact) mass is 373 g/mol. The number of hydrogen-bond acceptors (Lipinski definition) is 5. The van der Waals surface area contributed by atoms with Crippen molar-refractivity contribution in [3.05, 3.63) is 71.1 Å². The van der Waals surface area contributed by atoms with Crippen LogP contribution in [0.4, 0.5) is 11.5 Å². The number of nitrogens with zero attached hydrogens (tertiary/aromatic N) is 5. The minimum atomic E-state index is 0.574. The molecule has 0 bridgehead atoms. The summed E-state index contributed by atoms with van der Waals surface area (Å²) in [6.07, 6.45) is 5.95. The maximum absolute atomic E-state index is 6.27. The Hall–Kier alpha value is -3.05. The Morgan fingerprint density at radius 3 is 2.81 bits per heavy atom. The summed E-state index contributed by atoms with van der Waals surface area (Å²) < 4.78 is 0. The molecular formula is C21H16ClN5. The molecule has 0 fully saturated rings. The molecule has 0 N–H and O–H groups in total.